The lowest BCUT2D eigenvalue weighted by Crippen LogP contribution is -2.32. The van der Waals surface area contributed by atoms with Gasteiger partial charge in [0.15, 0.2) is 0 Å². The molecule has 0 fully saturated rings. The van der Waals surface area contributed by atoms with Crippen LogP contribution >= 0.6 is 15.9 Å². The molecule has 0 radical (unpaired) electrons. The van der Waals surface area contributed by atoms with E-state index in [1.54, 1.807) is 25.2 Å². The van der Waals surface area contributed by atoms with E-state index in [2.05, 4.69) is 15.9 Å². The van der Waals surface area contributed by atoms with E-state index in [4.69, 9.17) is 14.5 Å². The molecule has 5 nitrogen and oxygen atoms in total. The molecule has 1 aliphatic rings. The average molecular weight is 463 g/mol. The van der Waals surface area contributed by atoms with Gasteiger partial charge in [-0.1, -0.05) is 34.1 Å². The van der Waals surface area contributed by atoms with E-state index in [0.717, 1.165) is 32.8 Å². The van der Waals surface area contributed by atoms with Crippen molar-refractivity contribution in [1.82, 2.24) is 0 Å². The summed E-state index contributed by atoms with van der Waals surface area (Å²) in [5, 5.41) is 0. The summed E-state index contributed by atoms with van der Waals surface area (Å²) < 4.78 is 11.4. The molecule has 30 heavy (non-hydrogen) atoms. The third-order valence-corrected chi connectivity index (χ3v) is 5.17. The smallest absolute Gasteiger partial charge is 0.282 e. The van der Waals surface area contributed by atoms with Crippen LogP contribution in [0.2, 0.25) is 0 Å². The molecule has 1 amide bonds. The first-order chi connectivity index (χ1) is 14.6. The van der Waals surface area contributed by atoms with E-state index in [-0.39, 0.29) is 5.91 Å². The molecule has 3 aromatic carbocycles. The summed E-state index contributed by atoms with van der Waals surface area (Å²) in [6.45, 7) is 0. The van der Waals surface area contributed by atoms with Gasteiger partial charge in [-0.25, -0.2) is 4.99 Å². The first-order valence-electron chi connectivity index (χ1n) is 9.28. The van der Waals surface area contributed by atoms with Crippen LogP contribution in [0.15, 0.2) is 88.0 Å². The Morgan fingerprint density at radius 3 is 2.33 bits per heavy atom. The van der Waals surface area contributed by atoms with Gasteiger partial charge < -0.3 is 9.47 Å². The van der Waals surface area contributed by atoms with E-state index in [1.807, 2.05) is 72.8 Å². The van der Waals surface area contributed by atoms with E-state index >= 15 is 0 Å². The van der Waals surface area contributed by atoms with Crippen LogP contribution in [0.5, 0.6) is 11.5 Å². The Bertz CT molecular complexity index is 1150. The summed E-state index contributed by atoms with van der Waals surface area (Å²) in [7, 11) is 3.23. The summed E-state index contributed by atoms with van der Waals surface area (Å²) >= 11 is 3.49. The van der Waals surface area contributed by atoms with Crippen LogP contribution in [-0.4, -0.2) is 26.0 Å². The van der Waals surface area contributed by atoms with Crippen molar-refractivity contribution in [3.8, 4) is 11.5 Å². The zero-order chi connectivity index (χ0) is 21.1. The van der Waals surface area contributed by atoms with Crippen molar-refractivity contribution in [3.63, 3.8) is 0 Å². The predicted molar refractivity (Wildman–Crippen MR) is 122 cm³/mol. The maximum atomic E-state index is 13.4. The Balaban J connectivity index is 1.81. The van der Waals surface area contributed by atoms with Crippen LogP contribution in [0.1, 0.15) is 11.1 Å². The molecule has 0 spiro atoms. The van der Waals surface area contributed by atoms with Crippen molar-refractivity contribution >= 4 is 39.4 Å². The summed E-state index contributed by atoms with van der Waals surface area (Å²) in [5.41, 5.74) is 2.75. The maximum Gasteiger partial charge on any atom is 0.282 e. The second-order valence-electron chi connectivity index (χ2n) is 6.59. The molecule has 0 aliphatic carbocycles. The van der Waals surface area contributed by atoms with E-state index < -0.39 is 0 Å². The van der Waals surface area contributed by atoms with Crippen molar-refractivity contribution in [3.05, 3.63) is 94.1 Å². The molecule has 0 saturated heterocycles. The monoisotopic (exact) mass is 462 g/mol. The molecule has 1 aliphatic heterocycles. The average Bonchev–Trinajstić information content (AvgIpc) is 3.10. The Morgan fingerprint density at radius 2 is 1.63 bits per heavy atom. The van der Waals surface area contributed by atoms with Gasteiger partial charge in [0.1, 0.15) is 23.0 Å². The number of ether oxygens (including phenoxy) is 2. The van der Waals surface area contributed by atoms with Gasteiger partial charge in [0.25, 0.3) is 5.91 Å². The van der Waals surface area contributed by atoms with Gasteiger partial charge in [-0.2, -0.15) is 0 Å². The first-order valence-corrected chi connectivity index (χ1v) is 10.1. The van der Waals surface area contributed by atoms with Gasteiger partial charge in [-0.15, -0.1) is 0 Å². The van der Waals surface area contributed by atoms with Crippen molar-refractivity contribution in [2.24, 2.45) is 4.99 Å². The van der Waals surface area contributed by atoms with Gasteiger partial charge in [0.2, 0.25) is 0 Å². The molecule has 4 rings (SSSR count). The topological polar surface area (TPSA) is 51.1 Å². The van der Waals surface area contributed by atoms with Crippen LogP contribution < -0.4 is 14.4 Å². The lowest BCUT2D eigenvalue weighted by Gasteiger charge is -2.19. The van der Waals surface area contributed by atoms with Gasteiger partial charge in [0, 0.05) is 10.0 Å². The lowest BCUT2D eigenvalue weighted by atomic mass is 10.1. The summed E-state index contributed by atoms with van der Waals surface area (Å²) in [6.07, 6.45) is 1.77. The number of benzene rings is 3. The highest BCUT2D eigenvalue weighted by atomic mass is 79.9. The molecule has 0 N–H and O–H groups in total. The number of carbonyl (C=O) groups excluding carboxylic acids is 1. The van der Waals surface area contributed by atoms with Crippen molar-refractivity contribution in [1.29, 1.82) is 0 Å². The third kappa shape index (κ3) is 4.00. The quantitative estimate of drug-likeness (QED) is 0.483. The number of amides is 1. The van der Waals surface area contributed by atoms with Gasteiger partial charge >= 0.3 is 0 Å². The Labute approximate surface area is 183 Å². The fraction of sp³-hybridized carbons (Fsp3) is 0.0833. The highest BCUT2D eigenvalue weighted by molar-refractivity contribution is 9.10. The number of nitrogens with zero attached hydrogens (tertiary/aromatic N) is 2. The number of halogens is 1. The molecule has 0 saturated carbocycles. The molecule has 0 atom stereocenters. The molecule has 0 unspecified atom stereocenters. The molecule has 6 heteroatoms. The molecule has 0 aromatic heterocycles. The molecule has 1 heterocycles. The number of hydrogen-bond acceptors (Lipinski definition) is 4. The van der Waals surface area contributed by atoms with E-state index in [0.29, 0.717) is 11.5 Å². The van der Waals surface area contributed by atoms with E-state index in [1.165, 1.54) is 0 Å². The summed E-state index contributed by atoms with van der Waals surface area (Å²) in [6, 6.07) is 22.6. The zero-order valence-electron chi connectivity index (χ0n) is 16.5. The second-order valence-corrected chi connectivity index (χ2v) is 7.51. The molecular weight excluding hydrogens is 444 g/mol. The Kier molecular flexibility index (Phi) is 5.68. The minimum Gasteiger partial charge on any atom is -0.497 e. The van der Waals surface area contributed by atoms with Crippen LogP contribution in [0.3, 0.4) is 0 Å². The number of anilines is 1. The van der Waals surface area contributed by atoms with Crippen molar-refractivity contribution < 1.29 is 14.3 Å². The SMILES string of the molecule is COc1ccc(C2=N/C(=C/c3cccc(OC)c3)C(=O)N2c2cccc(Br)c2)cc1. The number of rotatable bonds is 5. The van der Waals surface area contributed by atoms with Gasteiger partial charge in [0.05, 0.1) is 19.9 Å². The third-order valence-electron chi connectivity index (χ3n) is 4.67. The Morgan fingerprint density at radius 1 is 0.900 bits per heavy atom. The van der Waals surface area contributed by atoms with Gasteiger partial charge in [-0.05, 0) is 66.2 Å². The highest BCUT2D eigenvalue weighted by Crippen LogP contribution is 2.30. The van der Waals surface area contributed by atoms with Crippen molar-refractivity contribution in [2.75, 3.05) is 19.1 Å². The summed E-state index contributed by atoms with van der Waals surface area (Å²) in [4.78, 5) is 19.7. The zero-order valence-corrected chi connectivity index (χ0v) is 18.1. The largest absolute Gasteiger partial charge is 0.497 e. The molecule has 0 bridgehead atoms. The number of aliphatic imine (C=N–C) groups is 1. The first kappa shape index (κ1) is 19.9. The van der Waals surface area contributed by atoms with E-state index in [9.17, 15) is 4.79 Å². The number of methoxy groups -OCH3 is 2. The molecule has 150 valence electrons. The lowest BCUT2D eigenvalue weighted by molar-refractivity contribution is -0.113. The number of carbonyl (C=O) groups is 1. The molecule has 3 aromatic rings. The van der Waals surface area contributed by atoms with Crippen LogP contribution in [0, 0.1) is 0 Å². The highest BCUT2D eigenvalue weighted by Gasteiger charge is 2.32. The standard InChI is InChI=1S/C24H19BrN2O3/c1-29-20-11-9-17(10-12-20)23-26-22(14-16-5-3-8-21(13-16)30-2)24(28)27(23)19-7-4-6-18(25)15-19/h3-15H,1-2H3/b22-14+. The minimum absolute atomic E-state index is 0.193. The second kappa shape index (κ2) is 8.55. The van der Waals surface area contributed by atoms with Gasteiger partial charge in [-0.3, -0.25) is 9.69 Å². The summed E-state index contributed by atoms with van der Waals surface area (Å²) in [5.74, 6) is 1.83. The predicted octanol–water partition coefficient (Wildman–Crippen LogP) is 5.30. The maximum absolute atomic E-state index is 13.4. The van der Waals surface area contributed by atoms with Crippen LogP contribution in [-0.2, 0) is 4.79 Å². The van der Waals surface area contributed by atoms with Crippen LogP contribution in [0.25, 0.3) is 6.08 Å². The fourth-order valence-electron chi connectivity index (χ4n) is 3.19. The Hall–Kier alpha value is -3.38. The normalized spacial score (nSPS) is 14.8. The van der Waals surface area contributed by atoms with Crippen molar-refractivity contribution in [2.45, 2.75) is 0 Å². The number of amidine groups is 1. The number of hydrogen-bond donors (Lipinski definition) is 0. The van der Waals surface area contributed by atoms with Crippen LogP contribution in [0.4, 0.5) is 5.69 Å². The molecular formula is C24H19BrN2O3. The minimum atomic E-state index is -0.193. The fourth-order valence-corrected chi connectivity index (χ4v) is 3.58.